The number of hydrogen-bond acceptors (Lipinski definition) is 9. The van der Waals surface area contributed by atoms with Crippen LogP contribution in [0.1, 0.15) is 95.7 Å². The molecule has 0 aliphatic rings. The lowest BCUT2D eigenvalue weighted by molar-refractivity contribution is -0.121. The van der Waals surface area contributed by atoms with Crippen molar-refractivity contribution in [3.05, 3.63) is 39.1 Å². The lowest BCUT2D eigenvalue weighted by Crippen LogP contribution is -2.27. The number of thiazole rings is 2. The molecule has 14 heteroatoms. The Kier molecular flexibility index (Phi) is 12.0. The highest BCUT2D eigenvalue weighted by Gasteiger charge is 2.23. The molecule has 4 amide bonds. The van der Waals surface area contributed by atoms with E-state index in [0.29, 0.717) is 41.0 Å². The average molecular weight is 631 g/mol. The van der Waals surface area contributed by atoms with Gasteiger partial charge < -0.3 is 25.4 Å². The van der Waals surface area contributed by atoms with Gasteiger partial charge >= 0.3 is 0 Å². The number of amides is 4. The second-order valence-electron chi connectivity index (χ2n) is 11.2. The van der Waals surface area contributed by atoms with Crippen molar-refractivity contribution in [2.75, 3.05) is 43.1 Å². The first-order chi connectivity index (χ1) is 20.2. The summed E-state index contributed by atoms with van der Waals surface area (Å²) in [6.45, 7) is 10.9. The second-order valence-corrected chi connectivity index (χ2v) is 13.3. The van der Waals surface area contributed by atoms with Crippen molar-refractivity contribution in [2.45, 2.75) is 65.7 Å². The van der Waals surface area contributed by atoms with Crippen LogP contribution in [0.3, 0.4) is 0 Å². The predicted octanol–water partition coefficient (Wildman–Crippen LogP) is 4.65. The van der Waals surface area contributed by atoms with Gasteiger partial charge in [-0.05, 0) is 51.4 Å². The third-order valence-electron chi connectivity index (χ3n) is 6.34. The molecule has 0 aliphatic heterocycles. The summed E-state index contributed by atoms with van der Waals surface area (Å²) in [6, 6.07) is 1.59. The minimum Gasteiger partial charge on any atom is -0.356 e. The van der Waals surface area contributed by atoms with Gasteiger partial charge in [0.1, 0.15) is 11.4 Å². The van der Waals surface area contributed by atoms with Crippen LogP contribution in [0.4, 0.5) is 16.0 Å². The van der Waals surface area contributed by atoms with Crippen molar-refractivity contribution in [3.8, 4) is 0 Å². The zero-order valence-electron chi connectivity index (χ0n) is 26.1. The van der Waals surface area contributed by atoms with E-state index in [1.54, 1.807) is 23.9 Å². The van der Waals surface area contributed by atoms with Gasteiger partial charge in [-0.25, -0.2) is 9.97 Å². The van der Waals surface area contributed by atoms with Gasteiger partial charge in [0.25, 0.3) is 11.8 Å². The van der Waals surface area contributed by atoms with Gasteiger partial charge in [-0.1, -0.05) is 27.7 Å². The van der Waals surface area contributed by atoms with Crippen LogP contribution in [0.25, 0.3) is 0 Å². The Morgan fingerprint density at radius 3 is 2.21 bits per heavy atom. The topological polar surface area (TPSA) is 150 Å². The molecule has 4 N–H and O–H groups in total. The second kappa shape index (κ2) is 15.2. The number of nitrogens with one attached hydrogen (secondary N) is 4. The summed E-state index contributed by atoms with van der Waals surface area (Å²) in [7, 11) is 5.72. The molecule has 0 spiro atoms. The fraction of sp³-hybridized carbons (Fsp3) is 0.517. The smallest absolute Gasteiger partial charge is 0.275 e. The summed E-state index contributed by atoms with van der Waals surface area (Å²) >= 11 is 2.66. The van der Waals surface area contributed by atoms with E-state index in [1.807, 2.05) is 27.9 Å². The van der Waals surface area contributed by atoms with Crippen molar-refractivity contribution in [1.82, 2.24) is 24.8 Å². The molecule has 0 fully saturated rings. The van der Waals surface area contributed by atoms with Crippen LogP contribution < -0.4 is 21.3 Å². The number of nitrogens with zero attached hydrogens (tertiary/aromatic N) is 4. The standard InChI is InChI=1S/C29H42N8O4S2/c1-16(2)24-20(10-11-22(39)30-12-9-13-36(6)7)33-29(42-24)35-26(40)21-14-19(15-37(21)8)32-27(41)23-25(17(3)4)43-28(34-23)31-18(5)38/h14-17H,9-13H2,1-8H3,(H,30,39)(H,32,41)(H,31,34,38)(H,33,35,40). The Balaban J connectivity index is 1.66. The molecule has 234 valence electrons. The molecule has 0 aromatic carbocycles. The van der Waals surface area contributed by atoms with Crippen LogP contribution in [0.5, 0.6) is 0 Å². The third-order valence-corrected chi connectivity index (χ3v) is 8.92. The zero-order valence-corrected chi connectivity index (χ0v) is 27.7. The molecule has 0 radical (unpaired) electrons. The van der Waals surface area contributed by atoms with Gasteiger partial charge in [-0.15, -0.1) is 22.7 Å². The number of hydrogen-bond donors (Lipinski definition) is 4. The maximum absolute atomic E-state index is 13.2. The Labute approximate surface area is 260 Å². The molecule has 3 heterocycles. The molecular formula is C29H42N8O4S2. The quantitative estimate of drug-likeness (QED) is 0.189. The first kappa shape index (κ1) is 33.9. The minimum absolute atomic E-state index is 0.0186. The normalized spacial score (nSPS) is 11.3. The molecule has 0 aliphatic carbocycles. The number of aromatic nitrogens is 3. The molecule has 0 unspecified atom stereocenters. The predicted molar refractivity (Wildman–Crippen MR) is 173 cm³/mol. The molecule has 3 rings (SSSR count). The van der Waals surface area contributed by atoms with E-state index in [9.17, 15) is 19.2 Å². The Hall–Kier alpha value is -3.62. The maximum atomic E-state index is 13.2. The highest BCUT2D eigenvalue weighted by atomic mass is 32.1. The molecule has 0 atom stereocenters. The van der Waals surface area contributed by atoms with Crippen molar-refractivity contribution in [3.63, 3.8) is 0 Å². The van der Waals surface area contributed by atoms with E-state index in [2.05, 4.69) is 50.0 Å². The largest absolute Gasteiger partial charge is 0.356 e. The van der Waals surface area contributed by atoms with E-state index in [4.69, 9.17) is 0 Å². The van der Waals surface area contributed by atoms with Crippen molar-refractivity contribution < 1.29 is 19.2 Å². The van der Waals surface area contributed by atoms with Crippen LogP contribution in [-0.4, -0.2) is 70.2 Å². The molecule has 3 aromatic rings. The number of rotatable bonds is 14. The van der Waals surface area contributed by atoms with Crippen LogP contribution in [0.15, 0.2) is 12.3 Å². The van der Waals surface area contributed by atoms with E-state index in [0.717, 1.165) is 28.4 Å². The van der Waals surface area contributed by atoms with Gasteiger partial charge in [-0.2, -0.15) is 0 Å². The fourth-order valence-electron chi connectivity index (χ4n) is 4.29. The van der Waals surface area contributed by atoms with Gasteiger partial charge in [0.2, 0.25) is 11.8 Å². The molecule has 0 saturated heterocycles. The monoisotopic (exact) mass is 630 g/mol. The summed E-state index contributed by atoms with van der Waals surface area (Å²) in [5.74, 6) is -0.872. The molecule has 3 aromatic heterocycles. The van der Waals surface area contributed by atoms with Gasteiger partial charge in [0.05, 0.1) is 11.4 Å². The SMILES string of the molecule is CC(=O)Nc1nc(C(=O)Nc2cc(C(=O)Nc3nc(CCC(=O)NCCCN(C)C)c(C(C)C)s3)n(C)c2)c(C(C)C)s1. The maximum Gasteiger partial charge on any atom is 0.275 e. The average Bonchev–Trinajstić information content (AvgIpc) is 3.61. The number of carbonyl (C=O) groups excluding carboxylic acids is 4. The molecular weight excluding hydrogens is 589 g/mol. The molecule has 0 bridgehead atoms. The van der Waals surface area contributed by atoms with Crippen molar-refractivity contribution in [2.24, 2.45) is 7.05 Å². The molecule has 43 heavy (non-hydrogen) atoms. The fourth-order valence-corrected chi connectivity index (χ4v) is 6.31. The lowest BCUT2D eigenvalue weighted by atomic mass is 10.1. The van der Waals surface area contributed by atoms with E-state index >= 15 is 0 Å². The van der Waals surface area contributed by atoms with E-state index in [1.165, 1.54) is 29.6 Å². The van der Waals surface area contributed by atoms with Crippen LogP contribution in [0.2, 0.25) is 0 Å². The summed E-state index contributed by atoms with van der Waals surface area (Å²) in [5.41, 5.74) is 1.80. The minimum atomic E-state index is -0.429. The Morgan fingerprint density at radius 2 is 1.58 bits per heavy atom. The molecule has 12 nitrogen and oxygen atoms in total. The lowest BCUT2D eigenvalue weighted by Gasteiger charge is -2.10. The summed E-state index contributed by atoms with van der Waals surface area (Å²) in [5, 5.41) is 12.1. The summed E-state index contributed by atoms with van der Waals surface area (Å²) in [6.07, 6.45) is 3.34. The summed E-state index contributed by atoms with van der Waals surface area (Å²) < 4.78 is 1.62. The van der Waals surface area contributed by atoms with Crippen LogP contribution in [0, 0.1) is 0 Å². The van der Waals surface area contributed by atoms with Crippen molar-refractivity contribution >= 4 is 62.3 Å². The molecule has 0 saturated carbocycles. The summed E-state index contributed by atoms with van der Waals surface area (Å²) in [4.78, 5) is 62.9. The first-order valence-electron chi connectivity index (χ1n) is 14.2. The first-order valence-corrected chi connectivity index (χ1v) is 15.9. The third kappa shape index (κ3) is 9.70. The Morgan fingerprint density at radius 1 is 0.930 bits per heavy atom. The number of anilines is 3. The highest BCUT2D eigenvalue weighted by molar-refractivity contribution is 7.16. The van der Waals surface area contributed by atoms with Gasteiger partial charge in [0, 0.05) is 42.9 Å². The van der Waals surface area contributed by atoms with Crippen LogP contribution >= 0.6 is 22.7 Å². The van der Waals surface area contributed by atoms with Gasteiger partial charge in [-0.3, -0.25) is 24.5 Å². The Bertz CT molecular complexity index is 1450. The number of carbonyl (C=O) groups is 4. The van der Waals surface area contributed by atoms with Gasteiger partial charge in [0.15, 0.2) is 10.3 Å². The zero-order chi connectivity index (χ0) is 31.8. The van der Waals surface area contributed by atoms with Crippen molar-refractivity contribution in [1.29, 1.82) is 0 Å². The van der Waals surface area contributed by atoms with E-state index < -0.39 is 5.91 Å². The highest BCUT2D eigenvalue weighted by Crippen LogP contribution is 2.32. The van der Waals surface area contributed by atoms with E-state index in [-0.39, 0.29) is 35.3 Å². The number of aryl methyl sites for hydroxylation is 2. The van der Waals surface area contributed by atoms with Crippen LogP contribution in [-0.2, 0) is 23.1 Å².